The quantitative estimate of drug-likeness (QED) is 0.825. The van der Waals surface area contributed by atoms with E-state index in [1.807, 2.05) is 12.3 Å². The van der Waals surface area contributed by atoms with Gasteiger partial charge in [-0.1, -0.05) is 42.8 Å². The second-order valence-corrected chi connectivity index (χ2v) is 5.22. The normalized spacial score (nSPS) is 20.3. The van der Waals surface area contributed by atoms with Crippen LogP contribution in [0.15, 0.2) is 54.7 Å². The highest BCUT2D eigenvalue weighted by Gasteiger charge is 2.24. The molecule has 2 heterocycles. The van der Waals surface area contributed by atoms with E-state index >= 15 is 0 Å². The monoisotopic (exact) mass is 252 g/mol. The molecule has 0 N–H and O–H groups in total. The lowest BCUT2D eigenvalue weighted by Gasteiger charge is -2.35. The lowest BCUT2D eigenvalue weighted by molar-refractivity contribution is 0.137. The predicted octanol–water partition coefficient (Wildman–Crippen LogP) is 3.81. The minimum Gasteiger partial charge on any atom is -0.291 e. The average Bonchev–Trinajstić information content (AvgIpc) is 2.50. The van der Waals surface area contributed by atoms with Crippen molar-refractivity contribution in [1.29, 1.82) is 0 Å². The van der Waals surface area contributed by atoms with Crippen molar-refractivity contribution in [2.75, 3.05) is 6.54 Å². The molecule has 1 saturated heterocycles. The van der Waals surface area contributed by atoms with Crippen molar-refractivity contribution < 1.29 is 0 Å². The molecule has 3 rings (SSSR count). The van der Waals surface area contributed by atoms with Crippen LogP contribution < -0.4 is 0 Å². The van der Waals surface area contributed by atoms with Crippen molar-refractivity contribution in [2.45, 2.75) is 31.8 Å². The lowest BCUT2D eigenvalue weighted by Crippen LogP contribution is -2.33. The van der Waals surface area contributed by atoms with Crippen LogP contribution in [0.5, 0.6) is 0 Å². The maximum absolute atomic E-state index is 4.55. The summed E-state index contributed by atoms with van der Waals surface area (Å²) in [5.74, 6) is 0. The molecule has 19 heavy (non-hydrogen) atoms. The second-order valence-electron chi connectivity index (χ2n) is 5.22. The van der Waals surface area contributed by atoms with E-state index in [0.717, 1.165) is 6.54 Å². The van der Waals surface area contributed by atoms with Crippen molar-refractivity contribution in [1.82, 2.24) is 9.88 Å². The summed E-state index contributed by atoms with van der Waals surface area (Å²) in [6.45, 7) is 2.21. The fourth-order valence-corrected chi connectivity index (χ4v) is 2.91. The standard InChI is InChI=1S/C17H20N2/c1-2-8-15(9-3-1)14-19-13-7-5-11-17(19)16-10-4-6-12-18-16/h1-4,6,8-10,12,17H,5,7,11,13-14H2. The first-order valence-corrected chi connectivity index (χ1v) is 7.12. The molecule has 0 radical (unpaired) electrons. The molecule has 0 amide bonds. The molecule has 1 atom stereocenters. The van der Waals surface area contributed by atoms with Crippen molar-refractivity contribution >= 4 is 0 Å². The number of pyridine rings is 1. The Hall–Kier alpha value is -1.67. The maximum Gasteiger partial charge on any atom is 0.0575 e. The van der Waals surface area contributed by atoms with E-state index in [1.165, 1.54) is 37.1 Å². The molecule has 0 spiro atoms. The van der Waals surface area contributed by atoms with Crippen LogP contribution in [0.1, 0.15) is 36.6 Å². The van der Waals surface area contributed by atoms with Gasteiger partial charge in [0.15, 0.2) is 0 Å². The zero-order valence-corrected chi connectivity index (χ0v) is 11.2. The molecule has 98 valence electrons. The molecule has 1 fully saturated rings. The van der Waals surface area contributed by atoms with E-state index in [0.29, 0.717) is 6.04 Å². The zero-order chi connectivity index (χ0) is 12.9. The van der Waals surface area contributed by atoms with Crippen LogP contribution >= 0.6 is 0 Å². The molecule has 0 aliphatic carbocycles. The number of rotatable bonds is 3. The van der Waals surface area contributed by atoms with E-state index in [2.05, 4.69) is 52.3 Å². The Bertz CT molecular complexity index is 495. The number of benzene rings is 1. The minimum absolute atomic E-state index is 0.482. The van der Waals surface area contributed by atoms with Gasteiger partial charge in [-0.25, -0.2) is 0 Å². The van der Waals surface area contributed by atoms with E-state index in [4.69, 9.17) is 0 Å². The molecule has 0 saturated carbocycles. The molecule has 1 aromatic heterocycles. The highest BCUT2D eigenvalue weighted by molar-refractivity contribution is 5.16. The van der Waals surface area contributed by atoms with Gasteiger partial charge in [0.2, 0.25) is 0 Å². The highest BCUT2D eigenvalue weighted by atomic mass is 15.2. The average molecular weight is 252 g/mol. The molecule has 1 aromatic carbocycles. The predicted molar refractivity (Wildman–Crippen MR) is 77.7 cm³/mol. The molecule has 2 nitrogen and oxygen atoms in total. The fourth-order valence-electron chi connectivity index (χ4n) is 2.91. The van der Waals surface area contributed by atoms with E-state index < -0.39 is 0 Å². The van der Waals surface area contributed by atoms with Crippen LogP contribution in [0.4, 0.5) is 0 Å². The van der Waals surface area contributed by atoms with Gasteiger partial charge in [0.25, 0.3) is 0 Å². The Morgan fingerprint density at radius 1 is 1.00 bits per heavy atom. The third-order valence-corrected chi connectivity index (χ3v) is 3.87. The summed E-state index contributed by atoms with van der Waals surface area (Å²) in [6.07, 6.45) is 5.75. The summed E-state index contributed by atoms with van der Waals surface area (Å²) in [7, 11) is 0. The SMILES string of the molecule is c1ccc(CN2CCCCC2c2ccccn2)cc1. The van der Waals surface area contributed by atoms with Crippen molar-refractivity contribution in [3.63, 3.8) is 0 Å². The van der Waals surface area contributed by atoms with E-state index in [-0.39, 0.29) is 0 Å². The number of hydrogen-bond donors (Lipinski definition) is 0. The molecule has 1 unspecified atom stereocenters. The van der Waals surface area contributed by atoms with Gasteiger partial charge in [0.05, 0.1) is 11.7 Å². The van der Waals surface area contributed by atoms with Crippen LogP contribution in [0.2, 0.25) is 0 Å². The summed E-state index contributed by atoms with van der Waals surface area (Å²) < 4.78 is 0. The van der Waals surface area contributed by atoms with Gasteiger partial charge in [-0.15, -0.1) is 0 Å². The number of likely N-dealkylation sites (tertiary alicyclic amines) is 1. The van der Waals surface area contributed by atoms with Gasteiger partial charge in [0.1, 0.15) is 0 Å². The summed E-state index contributed by atoms with van der Waals surface area (Å²) >= 11 is 0. The summed E-state index contributed by atoms with van der Waals surface area (Å²) in [5, 5.41) is 0. The van der Waals surface area contributed by atoms with Crippen LogP contribution in [0, 0.1) is 0 Å². The number of nitrogens with zero attached hydrogens (tertiary/aromatic N) is 2. The van der Waals surface area contributed by atoms with E-state index in [9.17, 15) is 0 Å². The smallest absolute Gasteiger partial charge is 0.0575 e. The number of hydrogen-bond acceptors (Lipinski definition) is 2. The Balaban J connectivity index is 1.78. The van der Waals surface area contributed by atoms with Crippen molar-refractivity contribution in [3.05, 3.63) is 66.0 Å². The van der Waals surface area contributed by atoms with Gasteiger partial charge < -0.3 is 0 Å². The Kier molecular flexibility index (Phi) is 3.89. The van der Waals surface area contributed by atoms with E-state index in [1.54, 1.807) is 0 Å². The van der Waals surface area contributed by atoms with Crippen LogP contribution in [0.25, 0.3) is 0 Å². The molecular formula is C17H20N2. The first kappa shape index (κ1) is 12.4. The third kappa shape index (κ3) is 3.02. The molecule has 1 aliphatic rings. The molecular weight excluding hydrogens is 232 g/mol. The molecule has 2 heteroatoms. The molecule has 0 bridgehead atoms. The minimum atomic E-state index is 0.482. The van der Waals surface area contributed by atoms with Gasteiger partial charge in [0, 0.05) is 12.7 Å². The van der Waals surface area contributed by atoms with Crippen molar-refractivity contribution in [3.8, 4) is 0 Å². The zero-order valence-electron chi connectivity index (χ0n) is 11.2. The topological polar surface area (TPSA) is 16.1 Å². The Labute approximate surface area is 115 Å². The lowest BCUT2D eigenvalue weighted by atomic mass is 9.98. The van der Waals surface area contributed by atoms with Gasteiger partial charge in [-0.2, -0.15) is 0 Å². The van der Waals surface area contributed by atoms with Crippen LogP contribution in [0.3, 0.4) is 0 Å². The first-order valence-electron chi connectivity index (χ1n) is 7.12. The largest absolute Gasteiger partial charge is 0.291 e. The second kappa shape index (κ2) is 5.98. The summed E-state index contributed by atoms with van der Waals surface area (Å²) in [5.41, 5.74) is 2.61. The molecule has 2 aromatic rings. The van der Waals surface area contributed by atoms with Gasteiger partial charge >= 0.3 is 0 Å². The Morgan fingerprint density at radius 3 is 2.63 bits per heavy atom. The third-order valence-electron chi connectivity index (χ3n) is 3.87. The van der Waals surface area contributed by atoms with Crippen molar-refractivity contribution in [2.24, 2.45) is 0 Å². The summed E-state index contributed by atoms with van der Waals surface area (Å²) in [4.78, 5) is 7.12. The fraction of sp³-hybridized carbons (Fsp3) is 0.353. The van der Waals surface area contributed by atoms with Crippen LogP contribution in [-0.4, -0.2) is 16.4 Å². The number of piperidine rings is 1. The summed E-state index contributed by atoms with van der Waals surface area (Å²) in [6, 6.07) is 17.5. The highest BCUT2D eigenvalue weighted by Crippen LogP contribution is 2.30. The molecule has 1 aliphatic heterocycles. The van der Waals surface area contributed by atoms with Gasteiger partial charge in [-0.3, -0.25) is 9.88 Å². The Morgan fingerprint density at radius 2 is 1.84 bits per heavy atom. The van der Waals surface area contributed by atoms with Crippen LogP contribution in [-0.2, 0) is 6.54 Å². The maximum atomic E-state index is 4.55. The van der Waals surface area contributed by atoms with Gasteiger partial charge in [-0.05, 0) is 37.1 Å². The first-order chi connectivity index (χ1) is 9.43. The number of aromatic nitrogens is 1.